The lowest BCUT2D eigenvalue weighted by atomic mass is 10.2. The molecule has 0 saturated carbocycles. The molecule has 0 fully saturated rings. The molecule has 0 aliphatic carbocycles. The highest BCUT2D eigenvalue weighted by molar-refractivity contribution is 7.92. The van der Waals surface area contributed by atoms with E-state index in [1.165, 1.54) is 0 Å². The number of esters is 1. The quantitative estimate of drug-likeness (QED) is 0.533. The summed E-state index contributed by atoms with van der Waals surface area (Å²) in [6.45, 7) is 5.05. The summed E-state index contributed by atoms with van der Waals surface area (Å²) in [7, 11) is -3.42. The third-order valence-corrected chi connectivity index (χ3v) is 3.34. The average molecular weight is 261 g/mol. The minimum Gasteiger partial charge on any atom is -0.459 e. The number of nitrogens with zero attached hydrogens (tertiary/aromatic N) is 1. The highest BCUT2D eigenvalue weighted by atomic mass is 32.2. The summed E-state index contributed by atoms with van der Waals surface area (Å²) in [5, 5.41) is 8.30. The summed E-state index contributed by atoms with van der Waals surface area (Å²) in [5.41, 5.74) is -0.673. The van der Waals surface area contributed by atoms with Gasteiger partial charge in [-0.1, -0.05) is 0 Å². The van der Waals surface area contributed by atoms with Crippen molar-refractivity contribution in [2.45, 2.75) is 45.6 Å². The second-order valence-electron chi connectivity index (χ2n) is 4.79. The molecule has 0 heterocycles. The Morgan fingerprint density at radius 3 is 2.35 bits per heavy atom. The van der Waals surface area contributed by atoms with Gasteiger partial charge in [-0.05, 0) is 33.6 Å². The van der Waals surface area contributed by atoms with Crippen LogP contribution >= 0.6 is 0 Å². The number of rotatable bonds is 6. The molecule has 0 spiro atoms. The third kappa shape index (κ3) is 9.82. The van der Waals surface area contributed by atoms with Gasteiger partial charge in [0.25, 0.3) is 0 Å². The van der Waals surface area contributed by atoms with E-state index in [9.17, 15) is 13.2 Å². The molecule has 0 aromatic heterocycles. The van der Waals surface area contributed by atoms with Gasteiger partial charge in [0.2, 0.25) is 0 Å². The SMILES string of the molecule is CC(C)(C)OC(=O)CS(=O)(=O)CCCCC#N. The molecule has 98 valence electrons. The summed E-state index contributed by atoms with van der Waals surface area (Å²) in [6, 6.07) is 1.94. The fourth-order valence-corrected chi connectivity index (χ4v) is 2.36. The predicted octanol–water partition coefficient (Wildman–Crippen LogP) is 1.44. The Balaban J connectivity index is 4.10. The van der Waals surface area contributed by atoms with Crippen molar-refractivity contribution in [3.63, 3.8) is 0 Å². The molecular weight excluding hydrogens is 242 g/mol. The number of unbranched alkanes of at least 4 members (excludes halogenated alkanes) is 2. The van der Waals surface area contributed by atoms with Crippen molar-refractivity contribution in [3.05, 3.63) is 0 Å². The topological polar surface area (TPSA) is 84.2 Å². The molecule has 0 saturated heterocycles. The number of ether oxygens (including phenoxy) is 1. The Morgan fingerprint density at radius 1 is 1.29 bits per heavy atom. The standard InChI is InChI=1S/C11H19NO4S/c1-11(2,3)16-10(13)9-17(14,15)8-6-4-5-7-12/h4-6,8-9H2,1-3H3. The lowest BCUT2D eigenvalue weighted by Crippen LogP contribution is -2.29. The van der Waals surface area contributed by atoms with Crippen molar-refractivity contribution >= 4 is 15.8 Å². The molecule has 17 heavy (non-hydrogen) atoms. The Kier molecular flexibility index (Phi) is 6.18. The lowest BCUT2D eigenvalue weighted by molar-refractivity contribution is -0.151. The highest BCUT2D eigenvalue weighted by Crippen LogP contribution is 2.08. The number of nitriles is 1. The van der Waals surface area contributed by atoms with Crippen LogP contribution in [-0.4, -0.2) is 31.5 Å². The van der Waals surface area contributed by atoms with Crippen LogP contribution in [0.4, 0.5) is 0 Å². The maximum Gasteiger partial charge on any atom is 0.321 e. The van der Waals surface area contributed by atoms with Crippen LogP contribution in [0.5, 0.6) is 0 Å². The van der Waals surface area contributed by atoms with Gasteiger partial charge in [0.05, 0.1) is 11.8 Å². The minimum absolute atomic E-state index is 0.0755. The largest absolute Gasteiger partial charge is 0.459 e. The molecule has 0 aromatic rings. The first-order valence-electron chi connectivity index (χ1n) is 5.45. The van der Waals surface area contributed by atoms with E-state index in [1.54, 1.807) is 20.8 Å². The van der Waals surface area contributed by atoms with Gasteiger partial charge in [0.15, 0.2) is 9.84 Å². The zero-order chi connectivity index (χ0) is 13.5. The van der Waals surface area contributed by atoms with E-state index in [1.807, 2.05) is 6.07 Å². The minimum atomic E-state index is -3.42. The smallest absolute Gasteiger partial charge is 0.321 e. The number of hydrogen-bond donors (Lipinski definition) is 0. The molecule has 5 nitrogen and oxygen atoms in total. The molecule has 6 heteroatoms. The van der Waals surface area contributed by atoms with E-state index >= 15 is 0 Å². The van der Waals surface area contributed by atoms with Crippen molar-refractivity contribution in [1.82, 2.24) is 0 Å². The number of carbonyl (C=O) groups excluding carboxylic acids is 1. The molecule has 0 radical (unpaired) electrons. The maximum absolute atomic E-state index is 11.5. The molecule has 0 aliphatic rings. The molecule has 0 N–H and O–H groups in total. The molecule has 0 rings (SSSR count). The average Bonchev–Trinajstić information content (AvgIpc) is 2.08. The lowest BCUT2D eigenvalue weighted by Gasteiger charge is -2.19. The second kappa shape index (κ2) is 6.60. The normalized spacial score (nSPS) is 11.9. The first kappa shape index (κ1) is 15.9. The Labute approximate surface area is 103 Å². The van der Waals surface area contributed by atoms with Crippen molar-refractivity contribution in [3.8, 4) is 6.07 Å². The maximum atomic E-state index is 11.5. The van der Waals surface area contributed by atoms with Crippen molar-refractivity contribution in [1.29, 1.82) is 5.26 Å². The van der Waals surface area contributed by atoms with Crippen LogP contribution in [0, 0.1) is 11.3 Å². The van der Waals surface area contributed by atoms with E-state index < -0.39 is 27.2 Å². The van der Waals surface area contributed by atoms with Gasteiger partial charge in [-0.3, -0.25) is 4.79 Å². The van der Waals surface area contributed by atoms with Crippen molar-refractivity contribution in [2.24, 2.45) is 0 Å². The Bertz CT molecular complexity index is 387. The fraction of sp³-hybridized carbons (Fsp3) is 0.818. The predicted molar refractivity (Wildman–Crippen MR) is 64.0 cm³/mol. The van der Waals surface area contributed by atoms with Crippen LogP contribution in [0.2, 0.25) is 0 Å². The summed E-state index contributed by atoms with van der Waals surface area (Å²) in [5.74, 6) is -1.39. The van der Waals surface area contributed by atoms with Crippen LogP contribution < -0.4 is 0 Å². The van der Waals surface area contributed by atoms with Crippen molar-refractivity contribution in [2.75, 3.05) is 11.5 Å². The third-order valence-electron chi connectivity index (χ3n) is 1.75. The monoisotopic (exact) mass is 261 g/mol. The van der Waals surface area contributed by atoms with E-state index in [0.717, 1.165) is 0 Å². The molecule has 0 bridgehead atoms. The van der Waals surface area contributed by atoms with Crippen LogP contribution in [0.25, 0.3) is 0 Å². The van der Waals surface area contributed by atoms with Crippen LogP contribution in [0.1, 0.15) is 40.0 Å². The van der Waals surface area contributed by atoms with Gasteiger partial charge in [0, 0.05) is 6.42 Å². The van der Waals surface area contributed by atoms with Gasteiger partial charge >= 0.3 is 5.97 Å². The molecule has 0 amide bonds. The van der Waals surface area contributed by atoms with Gasteiger partial charge in [-0.15, -0.1) is 0 Å². The number of hydrogen-bond acceptors (Lipinski definition) is 5. The Hall–Kier alpha value is -1.09. The van der Waals surface area contributed by atoms with Crippen LogP contribution in [-0.2, 0) is 19.4 Å². The molecule has 0 unspecified atom stereocenters. The molecule has 0 aromatic carbocycles. The van der Waals surface area contributed by atoms with Gasteiger partial charge in [0.1, 0.15) is 11.4 Å². The van der Waals surface area contributed by atoms with Crippen molar-refractivity contribution < 1.29 is 17.9 Å². The summed E-state index contributed by atoms with van der Waals surface area (Å²) >= 11 is 0. The van der Waals surface area contributed by atoms with Gasteiger partial charge in [-0.25, -0.2) is 8.42 Å². The summed E-state index contributed by atoms with van der Waals surface area (Å²) < 4.78 is 27.9. The molecular formula is C11H19NO4S. The zero-order valence-corrected chi connectivity index (χ0v) is 11.3. The summed E-state index contributed by atoms with van der Waals surface area (Å²) in [6.07, 6.45) is 1.27. The van der Waals surface area contributed by atoms with E-state index in [-0.39, 0.29) is 5.75 Å². The summed E-state index contributed by atoms with van der Waals surface area (Å²) in [4.78, 5) is 11.3. The van der Waals surface area contributed by atoms with Crippen LogP contribution in [0.3, 0.4) is 0 Å². The zero-order valence-electron chi connectivity index (χ0n) is 10.5. The fourth-order valence-electron chi connectivity index (χ4n) is 1.15. The molecule has 0 aliphatic heterocycles. The van der Waals surface area contributed by atoms with Gasteiger partial charge in [-0.2, -0.15) is 5.26 Å². The Morgan fingerprint density at radius 2 is 1.88 bits per heavy atom. The van der Waals surface area contributed by atoms with E-state index in [0.29, 0.717) is 19.3 Å². The van der Waals surface area contributed by atoms with Gasteiger partial charge < -0.3 is 4.74 Å². The first-order valence-corrected chi connectivity index (χ1v) is 7.28. The van der Waals surface area contributed by atoms with Crippen LogP contribution in [0.15, 0.2) is 0 Å². The van der Waals surface area contributed by atoms with E-state index in [2.05, 4.69) is 0 Å². The second-order valence-corrected chi connectivity index (χ2v) is 6.98. The first-order chi connectivity index (χ1) is 7.66. The number of carbonyl (C=O) groups is 1. The molecule has 0 atom stereocenters. The number of sulfone groups is 1. The van der Waals surface area contributed by atoms with E-state index in [4.69, 9.17) is 10.00 Å². The highest BCUT2D eigenvalue weighted by Gasteiger charge is 2.22.